The molecule has 0 saturated carbocycles. The maximum absolute atomic E-state index is 11.8. The summed E-state index contributed by atoms with van der Waals surface area (Å²) < 4.78 is 0. The second-order valence-electron chi connectivity index (χ2n) is 5.15. The molecule has 3 nitrogen and oxygen atoms in total. The molecular weight excluding hydrogens is 236 g/mol. The first-order valence-electron chi connectivity index (χ1n) is 5.53. The van der Waals surface area contributed by atoms with E-state index in [1.54, 1.807) is 12.1 Å². The number of nitrogens with two attached hydrogens (primary N) is 1. The Labute approximate surface area is 109 Å². The lowest BCUT2D eigenvalue weighted by Gasteiger charge is -2.18. The first-order chi connectivity index (χ1) is 7.40. The number of halogens is 1. The predicted molar refractivity (Wildman–Crippen MR) is 74.5 cm³/mol. The molecule has 1 rings (SSSR count). The molecule has 0 unspecified atom stereocenters. The minimum atomic E-state index is -0.0950. The van der Waals surface area contributed by atoms with Crippen molar-refractivity contribution in [3.05, 3.63) is 29.8 Å². The van der Waals surface area contributed by atoms with Gasteiger partial charge in [-0.2, -0.15) is 0 Å². The van der Waals surface area contributed by atoms with Gasteiger partial charge in [-0.25, -0.2) is 0 Å². The van der Waals surface area contributed by atoms with Gasteiger partial charge in [0.2, 0.25) is 0 Å². The van der Waals surface area contributed by atoms with Crippen LogP contribution in [0.3, 0.4) is 0 Å². The van der Waals surface area contributed by atoms with Crippen molar-refractivity contribution in [2.75, 3.05) is 12.3 Å². The molecule has 3 N–H and O–H groups in total. The molecule has 1 amide bonds. The average Bonchev–Trinajstić information content (AvgIpc) is 2.16. The van der Waals surface area contributed by atoms with E-state index in [1.807, 2.05) is 12.1 Å². The molecule has 0 aliphatic carbocycles. The number of hydrogen-bond acceptors (Lipinski definition) is 2. The Morgan fingerprint density at radius 2 is 1.88 bits per heavy atom. The summed E-state index contributed by atoms with van der Waals surface area (Å²) in [6.45, 7) is 7.12. The Morgan fingerprint density at radius 1 is 1.29 bits per heavy atom. The number of amides is 1. The molecule has 0 saturated heterocycles. The van der Waals surface area contributed by atoms with E-state index in [-0.39, 0.29) is 23.7 Å². The number of rotatable bonds is 3. The zero-order chi connectivity index (χ0) is 12.2. The van der Waals surface area contributed by atoms with Gasteiger partial charge in [-0.05, 0) is 24.0 Å². The van der Waals surface area contributed by atoms with E-state index in [4.69, 9.17) is 5.73 Å². The number of para-hydroxylation sites is 1. The molecule has 0 atom stereocenters. The highest BCUT2D eigenvalue weighted by atomic mass is 35.5. The SMILES string of the molecule is CC(C)(C)CCNC(=O)c1ccccc1N.Cl. The van der Waals surface area contributed by atoms with Crippen LogP contribution < -0.4 is 11.1 Å². The van der Waals surface area contributed by atoms with Gasteiger partial charge < -0.3 is 11.1 Å². The van der Waals surface area contributed by atoms with Gasteiger partial charge in [0.1, 0.15) is 0 Å². The van der Waals surface area contributed by atoms with Crippen LogP contribution in [0.15, 0.2) is 24.3 Å². The Morgan fingerprint density at radius 3 is 2.41 bits per heavy atom. The number of benzene rings is 1. The number of carbonyl (C=O) groups is 1. The number of carbonyl (C=O) groups excluding carboxylic acids is 1. The van der Waals surface area contributed by atoms with Crippen LogP contribution in [0.5, 0.6) is 0 Å². The highest BCUT2D eigenvalue weighted by Crippen LogP contribution is 2.17. The lowest BCUT2D eigenvalue weighted by Crippen LogP contribution is -2.27. The fourth-order valence-electron chi connectivity index (χ4n) is 1.35. The fourth-order valence-corrected chi connectivity index (χ4v) is 1.35. The summed E-state index contributed by atoms with van der Waals surface area (Å²) in [6.07, 6.45) is 0.950. The van der Waals surface area contributed by atoms with E-state index in [2.05, 4.69) is 26.1 Å². The summed E-state index contributed by atoms with van der Waals surface area (Å²) in [4.78, 5) is 11.8. The van der Waals surface area contributed by atoms with Crippen LogP contribution >= 0.6 is 12.4 Å². The zero-order valence-electron chi connectivity index (χ0n) is 10.6. The van der Waals surface area contributed by atoms with E-state index in [9.17, 15) is 4.79 Å². The quantitative estimate of drug-likeness (QED) is 0.817. The average molecular weight is 257 g/mol. The van der Waals surface area contributed by atoms with Gasteiger partial charge >= 0.3 is 0 Å². The molecule has 96 valence electrons. The van der Waals surface area contributed by atoms with Crippen LogP contribution in [0.1, 0.15) is 37.6 Å². The zero-order valence-corrected chi connectivity index (χ0v) is 11.4. The summed E-state index contributed by atoms with van der Waals surface area (Å²) in [5, 5.41) is 2.88. The van der Waals surface area contributed by atoms with Gasteiger partial charge in [0, 0.05) is 12.2 Å². The van der Waals surface area contributed by atoms with E-state index in [0.29, 0.717) is 17.8 Å². The topological polar surface area (TPSA) is 55.1 Å². The van der Waals surface area contributed by atoms with Crippen molar-refractivity contribution in [3.8, 4) is 0 Å². The lowest BCUT2D eigenvalue weighted by molar-refractivity contribution is 0.0950. The molecule has 0 heterocycles. The summed E-state index contributed by atoms with van der Waals surface area (Å²) >= 11 is 0. The van der Waals surface area contributed by atoms with Crippen molar-refractivity contribution in [2.45, 2.75) is 27.2 Å². The van der Waals surface area contributed by atoms with Gasteiger partial charge in [0.15, 0.2) is 0 Å². The third-order valence-corrected chi connectivity index (χ3v) is 2.37. The highest BCUT2D eigenvalue weighted by Gasteiger charge is 2.12. The number of nitrogen functional groups attached to an aromatic ring is 1. The largest absolute Gasteiger partial charge is 0.398 e. The van der Waals surface area contributed by atoms with Gasteiger partial charge in [-0.3, -0.25) is 4.79 Å². The molecule has 1 aromatic rings. The second kappa shape index (κ2) is 6.50. The van der Waals surface area contributed by atoms with Crippen molar-refractivity contribution in [3.63, 3.8) is 0 Å². The first kappa shape index (κ1) is 15.8. The van der Waals surface area contributed by atoms with Crippen molar-refractivity contribution in [1.82, 2.24) is 5.32 Å². The fraction of sp³-hybridized carbons (Fsp3) is 0.462. The minimum absolute atomic E-state index is 0. The van der Waals surface area contributed by atoms with Crippen LogP contribution in [0.25, 0.3) is 0 Å². The highest BCUT2D eigenvalue weighted by molar-refractivity contribution is 5.98. The van der Waals surface area contributed by atoms with E-state index < -0.39 is 0 Å². The van der Waals surface area contributed by atoms with E-state index in [0.717, 1.165) is 6.42 Å². The third-order valence-electron chi connectivity index (χ3n) is 2.37. The van der Waals surface area contributed by atoms with Gasteiger partial charge in [-0.1, -0.05) is 32.9 Å². The smallest absolute Gasteiger partial charge is 0.253 e. The normalized spacial score (nSPS) is 10.5. The predicted octanol–water partition coefficient (Wildman–Crippen LogP) is 2.86. The lowest BCUT2D eigenvalue weighted by atomic mass is 9.92. The van der Waals surface area contributed by atoms with Gasteiger partial charge in [0.25, 0.3) is 5.91 Å². The molecule has 0 aromatic heterocycles. The maximum atomic E-state index is 11.8. The van der Waals surface area contributed by atoms with Gasteiger partial charge in [0.05, 0.1) is 5.56 Å². The Bertz CT molecular complexity index is 372. The van der Waals surface area contributed by atoms with Crippen LogP contribution in [0.4, 0.5) is 5.69 Å². The van der Waals surface area contributed by atoms with Crippen LogP contribution in [-0.4, -0.2) is 12.5 Å². The molecule has 0 bridgehead atoms. The molecular formula is C13H21ClN2O. The van der Waals surface area contributed by atoms with Crippen molar-refractivity contribution >= 4 is 24.0 Å². The number of nitrogens with one attached hydrogen (secondary N) is 1. The second-order valence-corrected chi connectivity index (χ2v) is 5.15. The van der Waals surface area contributed by atoms with Crippen molar-refractivity contribution < 1.29 is 4.79 Å². The van der Waals surface area contributed by atoms with Crippen LogP contribution in [-0.2, 0) is 0 Å². The molecule has 0 fully saturated rings. The van der Waals surface area contributed by atoms with Crippen molar-refractivity contribution in [1.29, 1.82) is 0 Å². The number of hydrogen-bond donors (Lipinski definition) is 2. The number of anilines is 1. The van der Waals surface area contributed by atoms with Crippen molar-refractivity contribution in [2.24, 2.45) is 5.41 Å². The summed E-state index contributed by atoms with van der Waals surface area (Å²) in [5.74, 6) is -0.0950. The third kappa shape index (κ3) is 5.59. The minimum Gasteiger partial charge on any atom is -0.398 e. The monoisotopic (exact) mass is 256 g/mol. The van der Waals surface area contributed by atoms with Gasteiger partial charge in [-0.15, -0.1) is 12.4 Å². The molecule has 0 aliphatic rings. The van der Waals surface area contributed by atoms with E-state index in [1.165, 1.54) is 0 Å². The molecule has 0 radical (unpaired) electrons. The Balaban J connectivity index is 0.00000256. The Hall–Kier alpha value is -1.22. The van der Waals surface area contributed by atoms with Crippen LogP contribution in [0, 0.1) is 5.41 Å². The molecule has 0 spiro atoms. The first-order valence-corrected chi connectivity index (χ1v) is 5.53. The summed E-state index contributed by atoms with van der Waals surface area (Å²) in [7, 11) is 0. The molecule has 0 aliphatic heterocycles. The molecule has 17 heavy (non-hydrogen) atoms. The standard InChI is InChI=1S/C13H20N2O.ClH/c1-13(2,3)8-9-15-12(16)10-6-4-5-7-11(10)14;/h4-7H,8-9,14H2,1-3H3,(H,15,16);1H. The maximum Gasteiger partial charge on any atom is 0.253 e. The summed E-state index contributed by atoms with van der Waals surface area (Å²) in [5.41, 5.74) is 7.03. The van der Waals surface area contributed by atoms with E-state index >= 15 is 0 Å². The molecule has 4 heteroatoms. The Kier molecular flexibility index (Phi) is 6.03. The summed E-state index contributed by atoms with van der Waals surface area (Å²) in [6, 6.07) is 7.11. The molecule has 1 aromatic carbocycles. The van der Waals surface area contributed by atoms with Crippen LogP contribution in [0.2, 0.25) is 0 Å².